The first kappa shape index (κ1) is 10.3. The molecule has 2 saturated carbocycles. The van der Waals surface area contributed by atoms with Gasteiger partial charge in [-0.3, -0.25) is 0 Å². The highest BCUT2D eigenvalue weighted by Crippen LogP contribution is 2.37. The predicted molar refractivity (Wildman–Crippen MR) is 60.1 cm³/mol. The molecule has 0 atom stereocenters. The minimum atomic E-state index is 0.507. The van der Waals surface area contributed by atoms with Crippen LogP contribution >= 0.6 is 0 Å². The molecule has 0 aromatic carbocycles. The molecular formula is C12H19N3O. The van der Waals surface area contributed by atoms with Crippen LogP contribution in [-0.2, 0) is 11.2 Å². The van der Waals surface area contributed by atoms with Crippen LogP contribution in [-0.4, -0.2) is 27.5 Å². The van der Waals surface area contributed by atoms with Crippen molar-refractivity contribution < 1.29 is 4.74 Å². The van der Waals surface area contributed by atoms with E-state index in [2.05, 4.69) is 21.7 Å². The van der Waals surface area contributed by atoms with Gasteiger partial charge in [-0.05, 0) is 38.5 Å². The Morgan fingerprint density at radius 3 is 2.94 bits per heavy atom. The lowest BCUT2D eigenvalue weighted by Gasteiger charge is -2.34. The maximum Gasteiger partial charge on any atom is 0.133 e. The van der Waals surface area contributed by atoms with Gasteiger partial charge in [-0.25, -0.2) is 0 Å². The molecule has 0 saturated heterocycles. The van der Waals surface area contributed by atoms with Gasteiger partial charge in [0, 0.05) is 19.1 Å². The van der Waals surface area contributed by atoms with Gasteiger partial charge < -0.3 is 9.30 Å². The van der Waals surface area contributed by atoms with E-state index in [0.29, 0.717) is 12.1 Å². The molecule has 2 aliphatic carbocycles. The Labute approximate surface area is 96.0 Å². The monoisotopic (exact) mass is 221 g/mol. The van der Waals surface area contributed by atoms with Crippen molar-refractivity contribution in [2.45, 2.75) is 51.2 Å². The van der Waals surface area contributed by atoms with E-state index in [0.717, 1.165) is 18.9 Å². The molecule has 0 unspecified atom stereocenters. The second kappa shape index (κ2) is 4.17. The molecule has 2 fully saturated rings. The third-order valence-corrected chi connectivity index (χ3v) is 3.65. The standard InChI is InChI=1S/C12H19N3O/c1-2-16-11-5-9(6-11)7-12-14-13-8-15(12)10-3-4-10/h8-11H,2-7H2,1H3. The Balaban J connectivity index is 1.53. The molecule has 1 aromatic heterocycles. The first-order valence-corrected chi connectivity index (χ1v) is 6.36. The lowest BCUT2D eigenvalue weighted by atomic mass is 9.80. The highest BCUT2D eigenvalue weighted by molar-refractivity contribution is 4.98. The Hall–Kier alpha value is -0.900. The average Bonchev–Trinajstić information content (AvgIpc) is 2.96. The van der Waals surface area contributed by atoms with Gasteiger partial charge in [-0.1, -0.05) is 0 Å². The fraction of sp³-hybridized carbons (Fsp3) is 0.833. The van der Waals surface area contributed by atoms with E-state index in [-0.39, 0.29) is 0 Å². The van der Waals surface area contributed by atoms with E-state index in [1.807, 2.05) is 6.33 Å². The average molecular weight is 221 g/mol. The molecular weight excluding hydrogens is 202 g/mol. The molecule has 0 radical (unpaired) electrons. The largest absolute Gasteiger partial charge is 0.378 e. The molecule has 88 valence electrons. The zero-order valence-corrected chi connectivity index (χ0v) is 9.80. The molecule has 4 heteroatoms. The molecule has 2 aliphatic rings. The Morgan fingerprint density at radius 2 is 2.25 bits per heavy atom. The maximum absolute atomic E-state index is 5.57. The number of hydrogen-bond donors (Lipinski definition) is 0. The smallest absolute Gasteiger partial charge is 0.133 e. The minimum absolute atomic E-state index is 0.507. The molecule has 0 bridgehead atoms. The normalized spacial score (nSPS) is 29.1. The fourth-order valence-corrected chi connectivity index (χ4v) is 2.54. The van der Waals surface area contributed by atoms with E-state index >= 15 is 0 Å². The predicted octanol–water partition coefficient (Wildman–Crippen LogP) is 1.97. The number of nitrogens with zero attached hydrogens (tertiary/aromatic N) is 3. The van der Waals surface area contributed by atoms with E-state index in [4.69, 9.17) is 4.74 Å². The first-order valence-electron chi connectivity index (χ1n) is 6.36. The van der Waals surface area contributed by atoms with Gasteiger partial charge in [0.05, 0.1) is 6.10 Å². The number of hydrogen-bond acceptors (Lipinski definition) is 3. The summed E-state index contributed by atoms with van der Waals surface area (Å²) in [4.78, 5) is 0. The summed E-state index contributed by atoms with van der Waals surface area (Å²) in [5.41, 5.74) is 0. The highest BCUT2D eigenvalue weighted by atomic mass is 16.5. The van der Waals surface area contributed by atoms with Crippen LogP contribution in [0.4, 0.5) is 0 Å². The van der Waals surface area contributed by atoms with Gasteiger partial charge in [0.25, 0.3) is 0 Å². The molecule has 0 N–H and O–H groups in total. The van der Waals surface area contributed by atoms with Crippen molar-refractivity contribution in [2.75, 3.05) is 6.61 Å². The zero-order chi connectivity index (χ0) is 11.0. The second-order valence-electron chi connectivity index (χ2n) is 5.00. The van der Waals surface area contributed by atoms with E-state index in [1.54, 1.807) is 0 Å². The van der Waals surface area contributed by atoms with Gasteiger partial charge in [-0.2, -0.15) is 0 Å². The van der Waals surface area contributed by atoms with Crippen molar-refractivity contribution in [1.29, 1.82) is 0 Å². The summed E-state index contributed by atoms with van der Waals surface area (Å²) in [6.45, 7) is 2.91. The lowest BCUT2D eigenvalue weighted by molar-refractivity contribution is -0.0247. The molecule has 3 rings (SSSR count). The Morgan fingerprint density at radius 1 is 1.44 bits per heavy atom. The highest BCUT2D eigenvalue weighted by Gasteiger charge is 2.32. The van der Waals surface area contributed by atoms with E-state index in [1.165, 1.54) is 31.5 Å². The SMILES string of the molecule is CCOC1CC(Cc2nncn2C2CC2)C1. The van der Waals surface area contributed by atoms with Crippen molar-refractivity contribution in [3.63, 3.8) is 0 Å². The summed E-state index contributed by atoms with van der Waals surface area (Å²) in [5.74, 6) is 1.95. The third kappa shape index (κ3) is 1.98. The van der Waals surface area contributed by atoms with Crippen LogP contribution in [0.5, 0.6) is 0 Å². The van der Waals surface area contributed by atoms with Crippen LogP contribution < -0.4 is 0 Å². The summed E-state index contributed by atoms with van der Waals surface area (Å²) >= 11 is 0. The summed E-state index contributed by atoms with van der Waals surface area (Å²) < 4.78 is 7.85. The maximum atomic E-state index is 5.57. The second-order valence-corrected chi connectivity index (χ2v) is 5.00. The molecule has 0 spiro atoms. The van der Waals surface area contributed by atoms with Gasteiger partial charge in [0.2, 0.25) is 0 Å². The number of aromatic nitrogens is 3. The van der Waals surface area contributed by atoms with E-state index in [9.17, 15) is 0 Å². The van der Waals surface area contributed by atoms with E-state index < -0.39 is 0 Å². The van der Waals surface area contributed by atoms with Crippen molar-refractivity contribution in [3.8, 4) is 0 Å². The van der Waals surface area contributed by atoms with Gasteiger partial charge in [-0.15, -0.1) is 10.2 Å². The van der Waals surface area contributed by atoms with Crippen LogP contribution in [0.2, 0.25) is 0 Å². The molecule has 0 amide bonds. The van der Waals surface area contributed by atoms with Crippen molar-refractivity contribution in [1.82, 2.24) is 14.8 Å². The summed E-state index contributed by atoms with van der Waals surface area (Å²) in [6.07, 6.45) is 8.49. The molecule has 1 heterocycles. The fourth-order valence-electron chi connectivity index (χ4n) is 2.54. The minimum Gasteiger partial charge on any atom is -0.378 e. The number of ether oxygens (including phenoxy) is 1. The van der Waals surface area contributed by atoms with Gasteiger partial charge >= 0.3 is 0 Å². The molecule has 4 nitrogen and oxygen atoms in total. The lowest BCUT2D eigenvalue weighted by Crippen LogP contribution is -2.33. The summed E-state index contributed by atoms with van der Waals surface area (Å²) in [7, 11) is 0. The molecule has 1 aromatic rings. The topological polar surface area (TPSA) is 39.9 Å². The van der Waals surface area contributed by atoms with Crippen LogP contribution in [0.3, 0.4) is 0 Å². The molecule has 16 heavy (non-hydrogen) atoms. The number of rotatable bonds is 5. The van der Waals surface area contributed by atoms with Crippen LogP contribution in [0.15, 0.2) is 6.33 Å². The third-order valence-electron chi connectivity index (χ3n) is 3.65. The summed E-state index contributed by atoms with van der Waals surface area (Å²) in [6, 6.07) is 0.702. The quantitative estimate of drug-likeness (QED) is 0.763. The van der Waals surface area contributed by atoms with Gasteiger partial charge in [0.15, 0.2) is 0 Å². The Bertz CT molecular complexity index is 353. The van der Waals surface area contributed by atoms with Crippen molar-refractivity contribution >= 4 is 0 Å². The van der Waals surface area contributed by atoms with Crippen LogP contribution in [0.25, 0.3) is 0 Å². The van der Waals surface area contributed by atoms with Gasteiger partial charge in [0.1, 0.15) is 12.2 Å². The van der Waals surface area contributed by atoms with Crippen LogP contribution in [0, 0.1) is 5.92 Å². The summed E-state index contributed by atoms with van der Waals surface area (Å²) in [5, 5.41) is 8.27. The molecule has 0 aliphatic heterocycles. The first-order chi connectivity index (χ1) is 7.86. The van der Waals surface area contributed by atoms with Crippen molar-refractivity contribution in [3.05, 3.63) is 12.2 Å². The van der Waals surface area contributed by atoms with Crippen molar-refractivity contribution in [2.24, 2.45) is 5.92 Å². The van der Waals surface area contributed by atoms with Crippen LogP contribution in [0.1, 0.15) is 44.5 Å². The zero-order valence-electron chi connectivity index (χ0n) is 9.80. The Kier molecular flexibility index (Phi) is 2.67.